The number of sulfonamides is 1. The van der Waals surface area contributed by atoms with Crippen molar-refractivity contribution in [3.05, 3.63) is 41.1 Å². The SMILES string of the molecule is N[C@@H](C(=O)NC1C(=O)N2C(C(=O)O)=C(CSc3nnnn3CCS(N)(=O)=O)CS[C@H]12)c1ccc(O)cc1. The number of nitrogens with one attached hydrogen (secondary N) is 1. The number of aromatic hydroxyl groups is 1. The fourth-order valence-electron chi connectivity index (χ4n) is 3.68. The molecule has 15 nitrogen and oxygen atoms in total. The number of phenols is 1. The van der Waals surface area contributed by atoms with Gasteiger partial charge in [-0.05, 0) is 33.7 Å². The standard InChI is InChI=1S/C19H22N8O7S3/c20-12(9-1-3-11(28)4-2-9)15(29)22-13-16(30)27-14(18(31)32)10(7-35-17(13)27)8-36-19-23-24-25-26(19)5-6-37(21,33)34/h1-4,12-13,17,28H,5-8,20H2,(H,22,29)(H,31,32)(H2,21,33,34)/t12-,13?,17-/m1/s1. The lowest BCUT2D eigenvalue weighted by atomic mass is 10.0. The van der Waals surface area contributed by atoms with Gasteiger partial charge in [-0.1, -0.05) is 23.9 Å². The zero-order valence-corrected chi connectivity index (χ0v) is 21.4. The Morgan fingerprint density at radius 1 is 1.30 bits per heavy atom. The average Bonchev–Trinajstić information content (AvgIpc) is 3.30. The number of nitrogens with zero attached hydrogens (tertiary/aromatic N) is 5. The molecule has 1 aromatic heterocycles. The molecule has 1 saturated heterocycles. The average molecular weight is 571 g/mol. The third-order valence-electron chi connectivity index (χ3n) is 5.54. The molecule has 4 rings (SSSR count). The summed E-state index contributed by atoms with van der Waals surface area (Å²) in [6.45, 7) is -0.0753. The van der Waals surface area contributed by atoms with E-state index in [0.717, 1.165) is 16.7 Å². The van der Waals surface area contributed by atoms with Crippen molar-refractivity contribution >= 4 is 51.3 Å². The molecule has 18 heteroatoms. The monoisotopic (exact) mass is 570 g/mol. The number of carbonyl (C=O) groups excluding carboxylic acids is 2. The Hall–Kier alpha value is -3.19. The first-order chi connectivity index (χ1) is 17.5. The molecular formula is C19H22N8O7S3. The van der Waals surface area contributed by atoms with Crippen molar-refractivity contribution in [2.75, 3.05) is 17.3 Å². The van der Waals surface area contributed by atoms with E-state index in [2.05, 4.69) is 20.8 Å². The van der Waals surface area contributed by atoms with E-state index in [4.69, 9.17) is 10.9 Å². The van der Waals surface area contributed by atoms with Crippen molar-refractivity contribution in [2.24, 2.45) is 10.9 Å². The Morgan fingerprint density at radius 3 is 2.65 bits per heavy atom. The highest BCUT2D eigenvalue weighted by molar-refractivity contribution is 8.01. The molecule has 3 heterocycles. The third-order valence-corrected chi connectivity index (χ3v) is 8.68. The van der Waals surface area contributed by atoms with Crippen molar-refractivity contribution in [3.63, 3.8) is 0 Å². The highest BCUT2D eigenvalue weighted by Crippen LogP contribution is 2.41. The minimum atomic E-state index is -3.73. The lowest BCUT2D eigenvalue weighted by Gasteiger charge is -2.49. The zero-order valence-electron chi connectivity index (χ0n) is 18.9. The number of primary sulfonamides is 1. The summed E-state index contributed by atoms with van der Waals surface area (Å²) in [6, 6.07) is 3.72. The fourth-order valence-corrected chi connectivity index (χ4v) is 6.49. The number of carbonyl (C=O) groups is 3. The molecule has 2 aliphatic heterocycles. The van der Waals surface area contributed by atoms with Gasteiger partial charge in [-0.25, -0.2) is 23.0 Å². The summed E-state index contributed by atoms with van der Waals surface area (Å²) < 4.78 is 23.7. The van der Waals surface area contributed by atoms with E-state index in [1.165, 1.54) is 40.7 Å². The highest BCUT2D eigenvalue weighted by atomic mass is 32.2. The summed E-state index contributed by atoms with van der Waals surface area (Å²) >= 11 is 2.38. The molecule has 0 spiro atoms. The summed E-state index contributed by atoms with van der Waals surface area (Å²) in [5, 5.41) is 37.5. The molecule has 0 bridgehead atoms. The van der Waals surface area contributed by atoms with E-state index in [1.807, 2.05) is 0 Å². The number of carboxylic acid groups (broad SMARTS) is 1. The molecule has 2 aliphatic rings. The van der Waals surface area contributed by atoms with Crippen LogP contribution in [0.1, 0.15) is 11.6 Å². The van der Waals surface area contributed by atoms with Gasteiger partial charge < -0.3 is 21.3 Å². The van der Waals surface area contributed by atoms with Crippen LogP contribution in [-0.4, -0.2) is 90.2 Å². The normalized spacial score (nSPS) is 20.3. The number of tetrazole rings is 1. The number of amides is 2. The number of β-lactam (4-membered cyclic amide) rings is 1. The summed E-state index contributed by atoms with van der Waals surface area (Å²) in [4.78, 5) is 38.7. The van der Waals surface area contributed by atoms with Crippen molar-refractivity contribution < 1.29 is 33.0 Å². The van der Waals surface area contributed by atoms with Gasteiger partial charge in [0.25, 0.3) is 5.91 Å². The number of rotatable bonds is 10. The van der Waals surface area contributed by atoms with Gasteiger partial charge in [-0.2, -0.15) is 0 Å². The third kappa shape index (κ3) is 5.87. The number of thioether (sulfide) groups is 2. The molecule has 2 amide bonds. The topological polar surface area (TPSA) is 237 Å². The molecule has 37 heavy (non-hydrogen) atoms. The molecule has 1 fully saturated rings. The molecule has 1 aromatic carbocycles. The first kappa shape index (κ1) is 26.9. The smallest absolute Gasteiger partial charge is 0.352 e. The van der Waals surface area contributed by atoms with E-state index in [-0.39, 0.29) is 40.4 Å². The number of benzene rings is 1. The molecule has 0 aliphatic carbocycles. The maximum atomic E-state index is 12.9. The second kappa shape index (κ2) is 10.7. The second-order valence-electron chi connectivity index (χ2n) is 8.06. The molecule has 7 N–H and O–H groups in total. The number of aryl methyl sites for hydroxylation is 1. The van der Waals surface area contributed by atoms with Crippen LogP contribution in [0.5, 0.6) is 5.75 Å². The van der Waals surface area contributed by atoms with Gasteiger partial charge in [0.2, 0.25) is 21.1 Å². The largest absolute Gasteiger partial charge is 0.508 e. The summed E-state index contributed by atoms with van der Waals surface area (Å²) in [7, 11) is -3.73. The van der Waals surface area contributed by atoms with Gasteiger partial charge >= 0.3 is 5.97 Å². The number of phenolic OH excluding ortho intramolecular Hbond substituents is 1. The van der Waals surface area contributed by atoms with Crippen LogP contribution in [0.2, 0.25) is 0 Å². The molecule has 1 unspecified atom stereocenters. The number of nitrogens with two attached hydrogens (primary N) is 2. The maximum Gasteiger partial charge on any atom is 0.352 e. The van der Waals surface area contributed by atoms with Gasteiger partial charge in [-0.15, -0.1) is 16.9 Å². The number of carboxylic acids is 1. The van der Waals surface area contributed by atoms with Gasteiger partial charge in [-0.3, -0.25) is 14.5 Å². The summed E-state index contributed by atoms with van der Waals surface area (Å²) in [5.74, 6) is -2.46. The van der Waals surface area contributed by atoms with Crippen LogP contribution in [0, 0.1) is 0 Å². The van der Waals surface area contributed by atoms with E-state index in [9.17, 15) is 33.0 Å². The first-order valence-electron chi connectivity index (χ1n) is 10.6. The number of hydrogen-bond acceptors (Lipinski definition) is 12. The Balaban J connectivity index is 1.43. The summed E-state index contributed by atoms with van der Waals surface area (Å²) in [6.07, 6.45) is 0. The van der Waals surface area contributed by atoms with Crippen LogP contribution in [0.3, 0.4) is 0 Å². The summed E-state index contributed by atoms with van der Waals surface area (Å²) in [5.41, 5.74) is 6.68. The van der Waals surface area contributed by atoms with Crippen molar-refractivity contribution in [3.8, 4) is 5.75 Å². The first-order valence-corrected chi connectivity index (χ1v) is 14.4. The maximum absolute atomic E-state index is 12.9. The quantitative estimate of drug-likeness (QED) is 0.157. The molecule has 0 radical (unpaired) electrons. The Kier molecular flexibility index (Phi) is 7.74. The second-order valence-corrected chi connectivity index (χ2v) is 11.8. The Morgan fingerprint density at radius 2 is 2.00 bits per heavy atom. The molecule has 3 atom stereocenters. The van der Waals surface area contributed by atoms with Crippen LogP contribution in [-0.2, 0) is 31.0 Å². The number of aromatic nitrogens is 4. The van der Waals surface area contributed by atoms with E-state index < -0.39 is 45.3 Å². The van der Waals surface area contributed by atoms with Crippen LogP contribution in [0.15, 0.2) is 40.7 Å². The highest BCUT2D eigenvalue weighted by Gasteiger charge is 2.54. The van der Waals surface area contributed by atoms with Gasteiger partial charge in [0.15, 0.2) is 0 Å². The lowest BCUT2D eigenvalue weighted by molar-refractivity contribution is -0.150. The molecule has 2 aromatic rings. The van der Waals surface area contributed by atoms with Gasteiger partial charge in [0, 0.05) is 11.5 Å². The minimum absolute atomic E-state index is 0.0155. The number of hydrogen-bond donors (Lipinski definition) is 5. The number of fused-ring (bicyclic) bond motifs is 1. The molecule has 0 saturated carbocycles. The Labute approximate surface area is 218 Å². The van der Waals surface area contributed by atoms with Gasteiger partial charge in [0.05, 0.1) is 12.3 Å². The lowest BCUT2D eigenvalue weighted by Crippen LogP contribution is -2.71. The van der Waals surface area contributed by atoms with E-state index >= 15 is 0 Å². The van der Waals surface area contributed by atoms with Crippen LogP contribution in [0.4, 0.5) is 0 Å². The fraction of sp³-hybridized carbons (Fsp3) is 0.368. The predicted molar refractivity (Wildman–Crippen MR) is 131 cm³/mol. The van der Waals surface area contributed by atoms with Crippen LogP contribution < -0.4 is 16.2 Å². The zero-order chi connectivity index (χ0) is 26.9. The molecular weight excluding hydrogens is 548 g/mol. The predicted octanol–water partition coefficient (Wildman–Crippen LogP) is -1.80. The van der Waals surface area contributed by atoms with Crippen molar-refractivity contribution in [1.29, 1.82) is 0 Å². The van der Waals surface area contributed by atoms with Crippen LogP contribution >= 0.6 is 23.5 Å². The Bertz CT molecular complexity index is 1360. The number of aliphatic carboxylic acids is 1. The van der Waals surface area contributed by atoms with E-state index in [1.54, 1.807) is 0 Å². The van der Waals surface area contributed by atoms with Crippen molar-refractivity contribution in [2.45, 2.75) is 29.2 Å². The molecule has 198 valence electrons. The van der Waals surface area contributed by atoms with Crippen LogP contribution in [0.25, 0.3) is 0 Å². The van der Waals surface area contributed by atoms with E-state index in [0.29, 0.717) is 11.1 Å². The van der Waals surface area contributed by atoms with Gasteiger partial charge in [0.1, 0.15) is 28.9 Å². The minimum Gasteiger partial charge on any atom is -0.508 e. The van der Waals surface area contributed by atoms with Crippen molar-refractivity contribution in [1.82, 2.24) is 30.4 Å².